The largest absolute Gasteiger partial charge is 0.260 e. The number of pyridine rings is 1. The Morgan fingerprint density at radius 3 is 2.55 bits per heavy atom. The summed E-state index contributed by atoms with van der Waals surface area (Å²) in [5.41, 5.74) is 5.26. The normalized spacial score (nSPS) is 10.9. The predicted octanol–water partition coefficient (Wildman–Crippen LogP) is 4.70. The van der Waals surface area contributed by atoms with Gasteiger partial charge in [-0.05, 0) is 47.6 Å². The lowest BCUT2D eigenvalue weighted by Crippen LogP contribution is -1.95. The Balaban J connectivity index is 2.09. The van der Waals surface area contributed by atoms with E-state index in [1.165, 1.54) is 33.2 Å². The van der Waals surface area contributed by atoms with Gasteiger partial charge in [-0.3, -0.25) is 4.98 Å². The molecule has 3 aromatic rings. The Morgan fingerprint density at radius 1 is 1.00 bits per heavy atom. The van der Waals surface area contributed by atoms with Crippen LogP contribution in [0.4, 0.5) is 0 Å². The van der Waals surface area contributed by atoms with Crippen molar-refractivity contribution >= 4 is 10.8 Å². The highest BCUT2D eigenvalue weighted by Crippen LogP contribution is 2.23. The third-order valence-corrected chi connectivity index (χ3v) is 3.90. The minimum Gasteiger partial charge on any atom is -0.260 e. The van der Waals surface area contributed by atoms with Gasteiger partial charge in [-0.25, -0.2) is 0 Å². The molecule has 0 aliphatic heterocycles. The Bertz CT molecular complexity index is 729. The zero-order chi connectivity index (χ0) is 13.9. The van der Waals surface area contributed by atoms with Crippen LogP contribution in [0.1, 0.15) is 29.3 Å². The van der Waals surface area contributed by atoms with Crippen molar-refractivity contribution in [1.29, 1.82) is 0 Å². The van der Waals surface area contributed by atoms with Crippen LogP contribution in [-0.2, 0) is 12.8 Å². The van der Waals surface area contributed by atoms with Gasteiger partial charge in [0.1, 0.15) is 0 Å². The highest BCUT2D eigenvalue weighted by molar-refractivity contribution is 5.86. The van der Waals surface area contributed by atoms with E-state index in [0.717, 1.165) is 12.8 Å². The molecule has 3 rings (SSSR count). The van der Waals surface area contributed by atoms with Crippen molar-refractivity contribution in [2.24, 2.45) is 0 Å². The molecule has 0 bridgehead atoms. The molecule has 0 aliphatic rings. The molecule has 1 heterocycles. The summed E-state index contributed by atoms with van der Waals surface area (Å²) in [5, 5.41) is 2.58. The predicted molar refractivity (Wildman–Crippen MR) is 85.1 cm³/mol. The first-order valence-electron chi connectivity index (χ1n) is 7.19. The number of hydrogen-bond acceptors (Lipinski definition) is 1. The highest BCUT2D eigenvalue weighted by Gasteiger charge is 2.06. The van der Waals surface area contributed by atoms with Gasteiger partial charge in [0.15, 0.2) is 0 Å². The summed E-state index contributed by atoms with van der Waals surface area (Å²) in [6.07, 6.45) is 3.90. The van der Waals surface area contributed by atoms with Crippen LogP contribution >= 0.6 is 0 Å². The van der Waals surface area contributed by atoms with Gasteiger partial charge >= 0.3 is 0 Å². The lowest BCUT2D eigenvalue weighted by atomic mass is 9.97. The standard InChI is InChI=1S/C19H19N/c1-3-16-13-17-9-10-20-19(18(17)11-14(16)2)12-15-7-5-4-6-8-15/h4-11,13H,3,12H2,1-2H3. The summed E-state index contributed by atoms with van der Waals surface area (Å²) in [7, 11) is 0. The molecule has 1 heteroatoms. The molecule has 0 amide bonds. The molecular formula is C19H19N. The molecule has 0 saturated heterocycles. The maximum absolute atomic E-state index is 4.60. The molecule has 0 N–H and O–H groups in total. The zero-order valence-electron chi connectivity index (χ0n) is 12.1. The molecule has 0 aliphatic carbocycles. The van der Waals surface area contributed by atoms with E-state index in [1.807, 2.05) is 6.20 Å². The quantitative estimate of drug-likeness (QED) is 0.666. The van der Waals surface area contributed by atoms with Gasteiger partial charge in [0.2, 0.25) is 0 Å². The van der Waals surface area contributed by atoms with Crippen LogP contribution in [0.2, 0.25) is 0 Å². The van der Waals surface area contributed by atoms with E-state index in [9.17, 15) is 0 Å². The van der Waals surface area contributed by atoms with Crippen molar-refractivity contribution in [2.75, 3.05) is 0 Å². The molecular weight excluding hydrogens is 242 g/mol. The van der Waals surface area contributed by atoms with Gasteiger partial charge in [-0.2, -0.15) is 0 Å². The van der Waals surface area contributed by atoms with Crippen molar-refractivity contribution in [1.82, 2.24) is 4.98 Å². The fraction of sp³-hybridized carbons (Fsp3) is 0.211. The van der Waals surface area contributed by atoms with Crippen LogP contribution < -0.4 is 0 Å². The van der Waals surface area contributed by atoms with Crippen LogP contribution in [0.5, 0.6) is 0 Å². The van der Waals surface area contributed by atoms with Crippen LogP contribution in [0.25, 0.3) is 10.8 Å². The first kappa shape index (κ1) is 12.9. The Hall–Kier alpha value is -2.15. The van der Waals surface area contributed by atoms with Crippen LogP contribution in [-0.4, -0.2) is 4.98 Å². The highest BCUT2D eigenvalue weighted by atomic mass is 14.7. The van der Waals surface area contributed by atoms with Gasteiger partial charge in [0.05, 0.1) is 5.69 Å². The molecule has 0 atom stereocenters. The zero-order valence-corrected chi connectivity index (χ0v) is 12.1. The van der Waals surface area contributed by atoms with E-state index in [4.69, 9.17) is 0 Å². The summed E-state index contributed by atoms with van der Waals surface area (Å²) in [5.74, 6) is 0. The molecule has 2 aromatic carbocycles. The molecule has 0 unspecified atom stereocenters. The van der Waals surface area contributed by atoms with Crippen molar-refractivity contribution in [3.8, 4) is 0 Å². The number of aromatic nitrogens is 1. The lowest BCUT2D eigenvalue weighted by molar-refractivity contribution is 1.09. The van der Waals surface area contributed by atoms with Crippen LogP contribution in [0.3, 0.4) is 0 Å². The van der Waals surface area contributed by atoms with E-state index >= 15 is 0 Å². The van der Waals surface area contributed by atoms with E-state index in [1.54, 1.807) is 0 Å². The van der Waals surface area contributed by atoms with Crippen LogP contribution in [0, 0.1) is 6.92 Å². The summed E-state index contributed by atoms with van der Waals surface area (Å²) >= 11 is 0. The molecule has 0 radical (unpaired) electrons. The molecule has 20 heavy (non-hydrogen) atoms. The third-order valence-electron chi connectivity index (χ3n) is 3.90. The Labute approximate surface area is 120 Å². The number of nitrogens with zero attached hydrogens (tertiary/aromatic N) is 1. The van der Waals surface area contributed by atoms with Crippen LogP contribution in [0.15, 0.2) is 54.7 Å². The smallest absolute Gasteiger partial charge is 0.0525 e. The summed E-state index contributed by atoms with van der Waals surface area (Å²) in [6, 6.07) is 17.3. The number of benzene rings is 2. The maximum Gasteiger partial charge on any atom is 0.0525 e. The lowest BCUT2D eigenvalue weighted by Gasteiger charge is -2.10. The Morgan fingerprint density at radius 2 is 1.80 bits per heavy atom. The third kappa shape index (κ3) is 2.44. The molecule has 100 valence electrons. The fourth-order valence-corrected chi connectivity index (χ4v) is 2.75. The molecule has 0 spiro atoms. The minimum atomic E-state index is 0.892. The monoisotopic (exact) mass is 261 g/mol. The van der Waals surface area contributed by atoms with Gasteiger partial charge in [0.25, 0.3) is 0 Å². The summed E-state index contributed by atoms with van der Waals surface area (Å²) in [6.45, 7) is 4.40. The number of fused-ring (bicyclic) bond motifs is 1. The average Bonchev–Trinajstić information content (AvgIpc) is 2.48. The van der Waals surface area contributed by atoms with Gasteiger partial charge in [-0.1, -0.05) is 43.3 Å². The van der Waals surface area contributed by atoms with Crippen molar-refractivity contribution < 1.29 is 0 Å². The SMILES string of the molecule is CCc1cc2ccnc(Cc3ccccc3)c2cc1C. The van der Waals surface area contributed by atoms with E-state index in [-0.39, 0.29) is 0 Å². The van der Waals surface area contributed by atoms with Crippen molar-refractivity contribution in [3.05, 3.63) is 77.1 Å². The second kappa shape index (κ2) is 5.46. The average molecular weight is 261 g/mol. The molecule has 1 aromatic heterocycles. The molecule has 0 fully saturated rings. The number of aryl methyl sites for hydroxylation is 2. The second-order valence-corrected chi connectivity index (χ2v) is 5.27. The molecule has 0 saturated carbocycles. The van der Waals surface area contributed by atoms with Gasteiger partial charge in [-0.15, -0.1) is 0 Å². The van der Waals surface area contributed by atoms with Crippen molar-refractivity contribution in [3.63, 3.8) is 0 Å². The minimum absolute atomic E-state index is 0.892. The van der Waals surface area contributed by atoms with Gasteiger partial charge < -0.3 is 0 Å². The topological polar surface area (TPSA) is 12.9 Å². The van der Waals surface area contributed by atoms with Crippen molar-refractivity contribution in [2.45, 2.75) is 26.7 Å². The van der Waals surface area contributed by atoms with Gasteiger partial charge in [0, 0.05) is 18.0 Å². The fourth-order valence-electron chi connectivity index (χ4n) is 2.75. The first-order chi connectivity index (χ1) is 9.78. The summed E-state index contributed by atoms with van der Waals surface area (Å²) in [4.78, 5) is 4.60. The van der Waals surface area contributed by atoms with E-state index < -0.39 is 0 Å². The summed E-state index contributed by atoms with van der Waals surface area (Å²) < 4.78 is 0. The number of rotatable bonds is 3. The Kier molecular flexibility index (Phi) is 3.51. The number of hydrogen-bond donors (Lipinski definition) is 0. The maximum atomic E-state index is 4.60. The van der Waals surface area contributed by atoms with E-state index in [2.05, 4.69) is 67.4 Å². The second-order valence-electron chi connectivity index (χ2n) is 5.27. The molecule has 1 nitrogen and oxygen atoms in total. The first-order valence-corrected chi connectivity index (χ1v) is 7.19. The van der Waals surface area contributed by atoms with E-state index in [0.29, 0.717) is 0 Å².